The summed E-state index contributed by atoms with van der Waals surface area (Å²) in [7, 11) is 0. The Bertz CT molecular complexity index is 383. The van der Waals surface area contributed by atoms with Crippen molar-refractivity contribution in [1.29, 1.82) is 0 Å². The molecule has 0 saturated carbocycles. The first-order chi connectivity index (χ1) is 6.72. The number of carboxylic acid groups (broad SMARTS) is 1. The van der Waals surface area contributed by atoms with E-state index in [0.29, 0.717) is 0 Å². The van der Waals surface area contributed by atoms with E-state index in [2.05, 4.69) is 11.8 Å². The molecule has 0 aromatic heterocycles. The van der Waals surface area contributed by atoms with Crippen molar-refractivity contribution in [1.82, 2.24) is 0 Å². The lowest BCUT2D eigenvalue weighted by molar-refractivity contribution is -0.136. The predicted octanol–water partition coefficient (Wildman–Crippen LogP) is 2.08. The van der Waals surface area contributed by atoms with Crippen molar-refractivity contribution >= 4 is 5.97 Å². The number of benzene rings is 1. The highest BCUT2D eigenvalue weighted by molar-refractivity contribution is 5.70. The maximum absolute atomic E-state index is 10.5. The highest BCUT2D eigenvalue weighted by Gasteiger charge is 1.99. The Morgan fingerprint density at radius 1 is 1.50 bits per heavy atom. The van der Waals surface area contributed by atoms with Crippen LogP contribution in [0.3, 0.4) is 0 Å². The van der Waals surface area contributed by atoms with Gasteiger partial charge in [-0.25, -0.2) is 0 Å². The second-order valence-electron chi connectivity index (χ2n) is 2.93. The third-order valence-electron chi connectivity index (χ3n) is 1.69. The first-order valence-electron chi connectivity index (χ1n) is 4.52. The third-order valence-corrected chi connectivity index (χ3v) is 1.69. The molecule has 0 aliphatic carbocycles. The maximum Gasteiger partial charge on any atom is 0.307 e. The summed E-state index contributed by atoms with van der Waals surface area (Å²) in [4.78, 5) is 10.5. The lowest BCUT2D eigenvalue weighted by Crippen LogP contribution is -1.99. The van der Waals surface area contributed by atoms with Crippen molar-refractivity contribution in [2.75, 3.05) is 0 Å². The SMILES string of the molecule is CCC#Cc1cccc(CC(=O)O)c1. The molecular formula is C12H12O2. The Hall–Kier alpha value is -1.75. The van der Waals surface area contributed by atoms with Gasteiger partial charge in [0.1, 0.15) is 0 Å². The summed E-state index contributed by atoms with van der Waals surface area (Å²) in [5.41, 5.74) is 1.67. The van der Waals surface area contributed by atoms with Crippen molar-refractivity contribution in [2.24, 2.45) is 0 Å². The summed E-state index contributed by atoms with van der Waals surface area (Å²) in [6.07, 6.45) is 0.866. The van der Waals surface area contributed by atoms with Crippen LogP contribution in [0.25, 0.3) is 0 Å². The summed E-state index contributed by atoms with van der Waals surface area (Å²) < 4.78 is 0. The van der Waals surface area contributed by atoms with Crippen molar-refractivity contribution < 1.29 is 9.90 Å². The lowest BCUT2D eigenvalue weighted by atomic mass is 10.1. The zero-order chi connectivity index (χ0) is 10.4. The zero-order valence-corrected chi connectivity index (χ0v) is 8.08. The number of carbonyl (C=O) groups is 1. The van der Waals surface area contributed by atoms with E-state index in [4.69, 9.17) is 5.11 Å². The standard InChI is InChI=1S/C12H12O2/c1-2-3-5-10-6-4-7-11(8-10)9-12(13)14/h4,6-8H,2,9H2,1H3,(H,13,14). The van der Waals surface area contributed by atoms with E-state index >= 15 is 0 Å². The molecule has 2 nitrogen and oxygen atoms in total. The molecule has 0 aliphatic heterocycles. The molecule has 2 heteroatoms. The fraction of sp³-hybridized carbons (Fsp3) is 0.250. The molecule has 0 bridgehead atoms. The Balaban J connectivity index is 2.84. The number of aliphatic carboxylic acids is 1. The van der Waals surface area contributed by atoms with Crippen LogP contribution in [0.5, 0.6) is 0 Å². The molecule has 0 radical (unpaired) electrons. The molecule has 0 amide bonds. The molecule has 0 fully saturated rings. The summed E-state index contributed by atoms with van der Waals surface area (Å²) in [5, 5.41) is 8.60. The lowest BCUT2D eigenvalue weighted by Gasteiger charge is -1.96. The minimum absolute atomic E-state index is 0.0572. The van der Waals surface area contributed by atoms with Crippen molar-refractivity contribution in [2.45, 2.75) is 19.8 Å². The van der Waals surface area contributed by atoms with Gasteiger partial charge in [-0.3, -0.25) is 4.79 Å². The van der Waals surface area contributed by atoms with E-state index in [0.717, 1.165) is 17.5 Å². The Kier molecular flexibility index (Phi) is 3.75. The topological polar surface area (TPSA) is 37.3 Å². The van der Waals surface area contributed by atoms with Crippen molar-refractivity contribution in [3.63, 3.8) is 0 Å². The fourth-order valence-electron chi connectivity index (χ4n) is 1.12. The quantitative estimate of drug-likeness (QED) is 0.721. The molecule has 0 spiro atoms. The molecule has 1 N–H and O–H groups in total. The monoisotopic (exact) mass is 188 g/mol. The Morgan fingerprint density at radius 2 is 2.29 bits per heavy atom. The average molecular weight is 188 g/mol. The number of hydrogen-bond donors (Lipinski definition) is 1. The van der Waals surface area contributed by atoms with Gasteiger partial charge in [0.15, 0.2) is 0 Å². The molecule has 0 heterocycles. The van der Waals surface area contributed by atoms with Gasteiger partial charge < -0.3 is 5.11 Å². The van der Waals surface area contributed by atoms with E-state index in [1.807, 2.05) is 25.1 Å². The van der Waals surface area contributed by atoms with Crippen LogP contribution in [0.2, 0.25) is 0 Å². The van der Waals surface area contributed by atoms with Gasteiger partial charge >= 0.3 is 5.97 Å². The van der Waals surface area contributed by atoms with Gasteiger partial charge in [0, 0.05) is 12.0 Å². The second kappa shape index (κ2) is 5.08. The molecule has 14 heavy (non-hydrogen) atoms. The van der Waals surface area contributed by atoms with Gasteiger partial charge in [-0.15, -0.1) is 0 Å². The highest BCUT2D eigenvalue weighted by atomic mass is 16.4. The Morgan fingerprint density at radius 3 is 2.93 bits per heavy atom. The molecule has 1 aromatic rings. The maximum atomic E-state index is 10.5. The van der Waals surface area contributed by atoms with Crippen LogP contribution in [0.15, 0.2) is 24.3 Å². The molecule has 0 aliphatic rings. The van der Waals surface area contributed by atoms with E-state index in [1.165, 1.54) is 0 Å². The molecule has 1 aromatic carbocycles. The van der Waals surface area contributed by atoms with Gasteiger partial charge in [0.25, 0.3) is 0 Å². The predicted molar refractivity (Wildman–Crippen MR) is 55.0 cm³/mol. The first-order valence-corrected chi connectivity index (χ1v) is 4.52. The normalized spacial score (nSPS) is 8.93. The van der Waals surface area contributed by atoms with E-state index in [9.17, 15) is 4.79 Å². The van der Waals surface area contributed by atoms with Gasteiger partial charge in [-0.05, 0) is 17.7 Å². The van der Waals surface area contributed by atoms with Crippen LogP contribution >= 0.6 is 0 Å². The van der Waals surface area contributed by atoms with Crippen LogP contribution in [0, 0.1) is 11.8 Å². The van der Waals surface area contributed by atoms with Crippen LogP contribution in [0.1, 0.15) is 24.5 Å². The minimum atomic E-state index is -0.814. The number of hydrogen-bond acceptors (Lipinski definition) is 1. The Labute approximate surface area is 83.6 Å². The number of rotatable bonds is 2. The van der Waals surface area contributed by atoms with Gasteiger partial charge in [0.05, 0.1) is 6.42 Å². The molecule has 0 unspecified atom stereocenters. The second-order valence-corrected chi connectivity index (χ2v) is 2.93. The van der Waals surface area contributed by atoms with E-state index in [-0.39, 0.29) is 6.42 Å². The minimum Gasteiger partial charge on any atom is -0.481 e. The van der Waals surface area contributed by atoms with Gasteiger partial charge in [0.2, 0.25) is 0 Å². The smallest absolute Gasteiger partial charge is 0.307 e. The largest absolute Gasteiger partial charge is 0.481 e. The highest BCUT2D eigenvalue weighted by Crippen LogP contribution is 2.04. The van der Waals surface area contributed by atoms with Gasteiger partial charge in [-0.1, -0.05) is 30.9 Å². The molecule has 1 rings (SSSR count). The summed E-state index contributed by atoms with van der Waals surface area (Å²) in [6, 6.07) is 7.33. The average Bonchev–Trinajstić information content (AvgIpc) is 2.14. The summed E-state index contributed by atoms with van der Waals surface area (Å²) >= 11 is 0. The zero-order valence-electron chi connectivity index (χ0n) is 8.08. The van der Waals surface area contributed by atoms with Crippen molar-refractivity contribution in [3.05, 3.63) is 35.4 Å². The molecule has 0 saturated heterocycles. The summed E-state index contributed by atoms with van der Waals surface area (Å²) in [5.74, 6) is 5.10. The van der Waals surface area contributed by atoms with E-state index in [1.54, 1.807) is 6.07 Å². The van der Waals surface area contributed by atoms with Crippen molar-refractivity contribution in [3.8, 4) is 11.8 Å². The van der Waals surface area contributed by atoms with Crippen LogP contribution in [0.4, 0.5) is 0 Å². The fourth-order valence-corrected chi connectivity index (χ4v) is 1.12. The van der Waals surface area contributed by atoms with Crippen LogP contribution in [-0.4, -0.2) is 11.1 Å². The van der Waals surface area contributed by atoms with Gasteiger partial charge in [-0.2, -0.15) is 0 Å². The van der Waals surface area contributed by atoms with Crippen LogP contribution in [-0.2, 0) is 11.2 Å². The first kappa shape index (κ1) is 10.3. The molecule has 72 valence electrons. The molecule has 0 atom stereocenters. The van der Waals surface area contributed by atoms with Crippen LogP contribution < -0.4 is 0 Å². The molecular weight excluding hydrogens is 176 g/mol. The third kappa shape index (κ3) is 3.32. The summed E-state index contributed by atoms with van der Waals surface area (Å²) in [6.45, 7) is 1.98. The number of carboxylic acids is 1. The van der Waals surface area contributed by atoms with E-state index < -0.39 is 5.97 Å².